The van der Waals surface area contributed by atoms with E-state index in [9.17, 15) is 0 Å². The number of nitrogens with zero attached hydrogens (tertiary/aromatic N) is 1. The molecule has 1 unspecified atom stereocenters. The van der Waals surface area contributed by atoms with Crippen molar-refractivity contribution in [1.29, 1.82) is 0 Å². The smallest absolute Gasteiger partial charge is 0.0377 e. The fourth-order valence-electron chi connectivity index (χ4n) is 1.71. The van der Waals surface area contributed by atoms with Gasteiger partial charge in [0, 0.05) is 35.0 Å². The lowest BCUT2D eigenvalue weighted by Crippen LogP contribution is -2.30. The molecule has 2 N–H and O–H groups in total. The largest absolute Gasteiger partial charge is 0.371 e. The average Bonchev–Trinajstić information content (AvgIpc) is 2.27. The van der Waals surface area contributed by atoms with Gasteiger partial charge in [-0.1, -0.05) is 22.0 Å². The molecular formula is C13H21BrN2S. The summed E-state index contributed by atoms with van der Waals surface area (Å²) in [5.74, 6) is 1.13. The summed E-state index contributed by atoms with van der Waals surface area (Å²) < 4.78 is 1.09. The fourth-order valence-corrected chi connectivity index (χ4v) is 3.15. The third-order valence-corrected chi connectivity index (χ3v) is 4.45. The maximum Gasteiger partial charge on any atom is 0.0377 e. The van der Waals surface area contributed by atoms with Gasteiger partial charge in [-0.25, -0.2) is 0 Å². The van der Waals surface area contributed by atoms with Crippen LogP contribution in [-0.2, 0) is 0 Å². The van der Waals surface area contributed by atoms with Gasteiger partial charge in [0.05, 0.1) is 0 Å². The standard InChI is InChI=1S/C13H21BrN2S/c1-9(8-17-4)16(3)11-5-6-12(10(2)15)13(14)7-11/h5-7,9-10H,8,15H2,1-4H3/t9?,10-/m0/s1. The highest BCUT2D eigenvalue weighted by Crippen LogP contribution is 2.28. The van der Waals surface area contributed by atoms with Crippen molar-refractivity contribution in [1.82, 2.24) is 0 Å². The fraction of sp³-hybridized carbons (Fsp3) is 0.538. The summed E-state index contributed by atoms with van der Waals surface area (Å²) >= 11 is 5.46. The van der Waals surface area contributed by atoms with Crippen LogP contribution < -0.4 is 10.6 Å². The van der Waals surface area contributed by atoms with Crippen LogP contribution in [0.25, 0.3) is 0 Å². The van der Waals surface area contributed by atoms with Gasteiger partial charge < -0.3 is 10.6 Å². The van der Waals surface area contributed by atoms with Gasteiger partial charge in [0.25, 0.3) is 0 Å². The van der Waals surface area contributed by atoms with Crippen LogP contribution in [0.2, 0.25) is 0 Å². The first-order valence-electron chi connectivity index (χ1n) is 5.74. The van der Waals surface area contributed by atoms with Gasteiger partial charge in [-0.05, 0) is 37.8 Å². The molecular weight excluding hydrogens is 296 g/mol. The molecule has 2 atom stereocenters. The molecule has 2 nitrogen and oxygen atoms in total. The van der Waals surface area contributed by atoms with Crippen LogP contribution in [0.1, 0.15) is 25.5 Å². The highest BCUT2D eigenvalue weighted by Gasteiger charge is 2.12. The van der Waals surface area contributed by atoms with E-state index in [0.717, 1.165) is 15.8 Å². The van der Waals surface area contributed by atoms with E-state index in [-0.39, 0.29) is 6.04 Å². The van der Waals surface area contributed by atoms with Crippen molar-refractivity contribution in [3.05, 3.63) is 28.2 Å². The minimum absolute atomic E-state index is 0.0624. The maximum absolute atomic E-state index is 5.90. The van der Waals surface area contributed by atoms with E-state index < -0.39 is 0 Å². The van der Waals surface area contributed by atoms with Crippen LogP contribution in [0.3, 0.4) is 0 Å². The van der Waals surface area contributed by atoms with Crippen molar-refractivity contribution in [2.45, 2.75) is 25.9 Å². The second-order valence-electron chi connectivity index (χ2n) is 4.41. The Labute approximate surface area is 117 Å². The van der Waals surface area contributed by atoms with Crippen molar-refractivity contribution in [3.63, 3.8) is 0 Å². The number of halogens is 1. The number of anilines is 1. The number of benzene rings is 1. The molecule has 0 aliphatic rings. The zero-order chi connectivity index (χ0) is 13.0. The van der Waals surface area contributed by atoms with E-state index >= 15 is 0 Å². The monoisotopic (exact) mass is 316 g/mol. The molecule has 0 aliphatic heterocycles. The number of rotatable bonds is 5. The van der Waals surface area contributed by atoms with Crippen molar-refractivity contribution < 1.29 is 0 Å². The number of nitrogens with two attached hydrogens (primary N) is 1. The van der Waals surface area contributed by atoms with Gasteiger partial charge >= 0.3 is 0 Å². The van der Waals surface area contributed by atoms with E-state index in [4.69, 9.17) is 5.73 Å². The Kier molecular flexibility index (Phi) is 5.83. The molecule has 0 radical (unpaired) electrons. The van der Waals surface area contributed by atoms with E-state index in [1.165, 1.54) is 5.69 Å². The lowest BCUT2D eigenvalue weighted by molar-refractivity contribution is 0.763. The van der Waals surface area contributed by atoms with E-state index in [2.05, 4.69) is 59.3 Å². The molecule has 0 spiro atoms. The Balaban J connectivity index is 2.89. The van der Waals surface area contributed by atoms with Crippen molar-refractivity contribution in [2.75, 3.05) is 24.0 Å². The Hall–Kier alpha value is -0.190. The molecule has 0 amide bonds. The first-order chi connectivity index (χ1) is 7.97. The second kappa shape index (κ2) is 6.66. The summed E-state index contributed by atoms with van der Waals surface area (Å²) in [6.45, 7) is 4.24. The lowest BCUT2D eigenvalue weighted by Gasteiger charge is -2.27. The molecule has 0 fully saturated rings. The Morgan fingerprint density at radius 3 is 2.53 bits per heavy atom. The van der Waals surface area contributed by atoms with Crippen LogP contribution >= 0.6 is 27.7 Å². The van der Waals surface area contributed by atoms with Crippen LogP contribution in [0.15, 0.2) is 22.7 Å². The van der Waals surface area contributed by atoms with Crippen LogP contribution in [0, 0.1) is 0 Å². The molecule has 17 heavy (non-hydrogen) atoms. The van der Waals surface area contributed by atoms with Gasteiger partial charge in [-0.15, -0.1) is 0 Å². The molecule has 0 aromatic heterocycles. The topological polar surface area (TPSA) is 29.3 Å². The van der Waals surface area contributed by atoms with Gasteiger partial charge in [0.15, 0.2) is 0 Å². The van der Waals surface area contributed by atoms with Gasteiger partial charge in [0.1, 0.15) is 0 Å². The molecule has 1 aromatic rings. The first-order valence-corrected chi connectivity index (χ1v) is 7.92. The van der Waals surface area contributed by atoms with Crippen molar-refractivity contribution >= 4 is 33.4 Å². The summed E-state index contributed by atoms with van der Waals surface area (Å²) in [7, 11) is 2.13. The van der Waals surface area contributed by atoms with E-state index in [1.54, 1.807) is 0 Å². The summed E-state index contributed by atoms with van der Waals surface area (Å²) in [6, 6.07) is 6.98. The summed E-state index contributed by atoms with van der Waals surface area (Å²) in [6.07, 6.45) is 2.14. The maximum atomic E-state index is 5.90. The Morgan fingerprint density at radius 2 is 2.06 bits per heavy atom. The lowest BCUT2D eigenvalue weighted by atomic mass is 10.1. The SMILES string of the molecule is CSCC(C)N(C)c1ccc([C@H](C)N)c(Br)c1. The normalized spacial score (nSPS) is 14.5. The highest BCUT2D eigenvalue weighted by molar-refractivity contribution is 9.10. The Morgan fingerprint density at radius 1 is 1.41 bits per heavy atom. The number of thioether (sulfide) groups is 1. The van der Waals surface area contributed by atoms with E-state index in [1.807, 2.05) is 18.7 Å². The van der Waals surface area contributed by atoms with Crippen LogP contribution in [-0.4, -0.2) is 25.1 Å². The first kappa shape index (κ1) is 14.9. The predicted octanol–water partition coefficient (Wildman–Crippen LogP) is 3.66. The predicted molar refractivity (Wildman–Crippen MR) is 83.0 cm³/mol. The van der Waals surface area contributed by atoms with Crippen molar-refractivity contribution in [3.8, 4) is 0 Å². The minimum atomic E-state index is 0.0624. The zero-order valence-electron chi connectivity index (χ0n) is 10.9. The van der Waals surface area contributed by atoms with Gasteiger partial charge in [0.2, 0.25) is 0 Å². The zero-order valence-corrected chi connectivity index (χ0v) is 13.3. The molecule has 0 bridgehead atoms. The summed E-state index contributed by atoms with van der Waals surface area (Å²) in [5, 5.41) is 0. The molecule has 0 heterocycles. The third kappa shape index (κ3) is 3.90. The molecule has 0 saturated heterocycles. The third-order valence-electron chi connectivity index (χ3n) is 2.95. The average molecular weight is 317 g/mol. The Bertz CT molecular complexity index is 368. The molecule has 1 aromatic carbocycles. The molecule has 4 heteroatoms. The number of hydrogen-bond acceptors (Lipinski definition) is 3. The van der Waals surface area contributed by atoms with Crippen molar-refractivity contribution in [2.24, 2.45) is 5.73 Å². The quantitative estimate of drug-likeness (QED) is 0.899. The molecule has 1 rings (SSSR count). The van der Waals surface area contributed by atoms with Gasteiger partial charge in [-0.3, -0.25) is 0 Å². The number of hydrogen-bond donors (Lipinski definition) is 1. The molecule has 0 saturated carbocycles. The molecule has 0 aliphatic carbocycles. The summed E-state index contributed by atoms with van der Waals surface area (Å²) in [5.41, 5.74) is 8.28. The van der Waals surface area contributed by atoms with Crippen LogP contribution in [0.5, 0.6) is 0 Å². The highest BCUT2D eigenvalue weighted by atomic mass is 79.9. The van der Waals surface area contributed by atoms with E-state index in [0.29, 0.717) is 6.04 Å². The van der Waals surface area contributed by atoms with Gasteiger partial charge in [-0.2, -0.15) is 11.8 Å². The van der Waals surface area contributed by atoms with Crippen LogP contribution in [0.4, 0.5) is 5.69 Å². The minimum Gasteiger partial charge on any atom is -0.371 e. The second-order valence-corrected chi connectivity index (χ2v) is 6.17. The molecule has 96 valence electrons. The summed E-state index contributed by atoms with van der Waals surface area (Å²) in [4.78, 5) is 2.30.